The predicted octanol–water partition coefficient (Wildman–Crippen LogP) is 3.85. The van der Waals surface area contributed by atoms with Gasteiger partial charge in [-0.05, 0) is 48.4 Å². The van der Waals surface area contributed by atoms with E-state index in [0.29, 0.717) is 16.5 Å². The zero-order valence-electron chi connectivity index (χ0n) is 13.8. The van der Waals surface area contributed by atoms with E-state index >= 15 is 0 Å². The number of fused-ring (bicyclic) bond motifs is 2. The maximum absolute atomic E-state index is 13.9. The maximum atomic E-state index is 13.9. The Hall–Kier alpha value is -2.15. The Morgan fingerprint density at radius 2 is 1.73 bits per heavy atom. The van der Waals surface area contributed by atoms with Gasteiger partial charge in [0, 0.05) is 23.0 Å². The van der Waals surface area contributed by atoms with Gasteiger partial charge in [-0.2, -0.15) is 0 Å². The number of anilines is 1. The van der Waals surface area contributed by atoms with Gasteiger partial charge in [0.25, 0.3) is 10.0 Å². The molecule has 4 rings (SSSR count). The van der Waals surface area contributed by atoms with Crippen molar-refractivity contribution in [2.24, 2.45) is 0 Å². The van der Waals surface area contributed by atoms with Gasteiger partial charge in [0.2, 0.25) is 0 Å². The van der Waals surface area contributed by atoms with Crippen LogP contribution >= 0.6 is 12.4 Å². The highest BCUT2D eigenvalue weighted by atomic mass is 35.5. The molecular weight excluding hydrogens is 375 g/mol. The molecular formula is C19H18ClFN2O2S. The molecule has 3 aromatic carbocycles. The van der Waals surface area contributed by atoms with E-state index in [9.17, 15) is 12.8 Å². The monoisotopic (exact) mass is 392 g/mol. The van der Waals surface area contributed by atoms with Crippen LogP contribution < -0.4 is 10.0 Å². The van der Waals surface area contributed by atoms with Crippen molar-refractivity contribution in [1.82, 2.24) is 5.32 Å². The molecule has 0 saturated carbocycles. The van der Waals surface area contributed by atoms with E-state index in [2.05, 4.69) is 10.0 Å². The number of halogens is 2. The second-order valence-corrected chi connectivity index (χ2v) is 7.76. The Balaban J connectivity index is 0.00000196. The molecule has 1 heterocycles. The standard InChI is InChI=1S/C19H17FN2O2S.ClH/c20-18-7-8-19(17-4-2-1-3-16(17)18)25(23,24)22-15-6-5-13-9-10-21-12-14(13)11-15;/h1-8,11,21-22H,9-10,12H2;1H. The summed E-state index contributed by atoms with van der Waals surface area (Å²) in [5, 5.41) is 3.94. The van der Waals surface area contributed by atoms with Crippen molar-refractivity contribution >= 4 is 38.9 Å². The first-order chi connectivity index (χ1) is 12.0. The second-order valence-electron chi connectivity index (χ2n) is 6.11. The Labute approximate surface area is 157 Å². The van der Waals surface area contributed by atoms with Crippen molar-refractivity contribution in [3.63, 3.8) is 0 Å². The SMILES string of the molecule is Cl.O=S(=O)(Nc1ccc2c(c1)CNCC2)c1ccc(F)c2ccccc12. The number of hydrogen-bond donors (Lipinski definition) is 2. The third kappa shape index (κ3) is 3.40. The van der Waals surface area contributed by atoms with Gasteiger partial charge in [-0.25, -0.2) is 12.8 Å². The van der Waals surface area contributed by atoms with Gasteiger partial charge >= 0.3 is 0 Å². The Morgan fingerprint density at radius 3 is 2.54 bits per heavy atom. The van der Waals surface area contributed by atoms with Gasteiger partial charge in [-0.3, -0.25) is 4.72 Å². The number of hydrogen-bond acceptors (Lipinski definition) is 3. The first kappa shape index (κ1) is 18.6. The van der Waals surface area contributed by atoms with Crippen LogP contribution in [0.25, 0.3) is 10.8 Å². The summed E-state index contributed by atoms with van der Waals surface area (Å²) >= 11 is 0. The summed E-state index contributed by atoms with van der Waals surface area (Å²) in [7, 11) is -3.82. The minimum absolute atomic E-state index is 0. The summed E-state index contributed by atoms with van der Waals surface area (Å²) in [6.45, 7) is 1.66. The molecule has 7 heteroatoms. The van der Waals surface area contributed by atoms with Crippen LogP contribution in [-0.2, 0) is 23.0 Å². The summed E-state index contributed by atoms with van der Waals surface area (Å²) in [6, 6.07) is 14.7. The van der Waals surface area contributed by atoms with Gasteiger partial charge in [0.05, 0.1) is 4.90 Å². The fourth-order valence-corrected chi connectivity index (χ4v) is 4.49. The van der Waals surface area contributed by atoms with Gasteiger partial charge in [-0.15, -0.1) is 12.4 Å². The van der Waals surface area contributed by atoms with Crippen molar-refractivity contribution in [2.75, 3.05) is 11.3 Å². The molecule has 0 unspecified atom stereocenters. The van der Waals surface area contributed by atoms with Gasteiger partial charge in [0.1, 0.15) is 5.82 Å². The van der Waals surface area contributed by atoms with Crippen LogP contribution in [0.5, 0.6) is 0 Å². The number of rotatable bonds is 3. The van der Waals surface area contributed by atoms with E-state index in [1.54, 1.807) is 30.3 Å². The van der Waals surface area contributed by atoms with E-state index in [-0.39, 0.29) is 17.3 Å². The van der Waals surface area contributed by atoms with Gasteiger partial charge in [0.15, 0.2) is 0 Å². The average Bonchev–Trinajstić information content (AvgIpc) is 2.61. The topological polar surface area (TPSA) is 58.2 Å². The molecule has 2 N–H and O–H groups in total. The van der Waals surface area contributed by atoms with E-state index in [4.69, 9.17) is 0 Å². The Morgan fingerprint density at radius 1 is 0.962 bits per heavy atom. The Kier molecular flexibility index (Phi) is 5.18. The van der Waals surface area contributed by atoms with Crippen LogP contribution in [-0.4, -0.2) is 15.0 Å². The average molecular weight is 393 g/mol. The lowest BCUT2D eigenvalue weighted by Gasteiger charge is -2.18. The lowest BCUT2D eigenvalue weighted by molar-refractivity contribution is 0.601. The van der Waals surface area contributed by atoms with E-state index < -0.39 is 15.8 Å². The molecule has 0 bridgehead atoms. The molecule has 0 spiro atoms. The Bertz CT molecular complexity index is 1070. The van der Waals surface area contributed by atoms with Gasteiger partial charge in [-0.1, -0.05) is 30.3 Å². The van der Waals surface area contributed by atoms with Crippen LogP contribution in [0.15, 0.2) is 59.5 Å². The van der Waals surface area contributed by atoms with Crippen molar-refractivity contribution in [3.8, 4) is 0 Å². The lowest BCUT2D eigenvalue weighted by atomic mass is 10.0. The molecule has 0 atom stereocenters. The van der Waals surface area contributed by atoms with Crippen LogP contribution in [0.1, 0.15) is 11.1 Å². The van der Waals surface area contributed by atoms with E-state index in [0.717, 1.165) is 25.1 Å². The minimum Gasteiger partial charge on any atom is -0.312 e. The fourth-order valence-electron chi connectivity index (χ4n) is 3.22. The predicted molar refractivity (Wildman–Crippen MR) is 104 cm³/mol. The molecule has 1 aliphatic rings. The smallest absolute Gasteiger partial charge is 0.262 e. The van der Waals surface area contributed by atoms with Crippen molar-refractivity contribution in [3.05, 3.63) is 71.5 Å². The maximum Gasteiger partial charge on any atom is 0.262 e. The third-order valence-corrected chi connectivity index (χ3v) is 5.90. The zero-order chi connectivity index (χ0) is 17.4. The zero-order valence-corrected chi connectivity index (χ0v) is 15.5. The van der Waals surface area contributed by atoms with Crippen molar-refractivity contribution in [1.29, 1.82) is 0 Å². The number of nitrogens with one attached hydrogen (secondary N) is 2. The van der Waals surface area contributed by atoms with Crippen LogP contribution in [0.2, 0.25) is 0 Å². The summed E-state index contributed by atoms with van der Waals surface area (Å²) in [4.78, 5) is 0.0698. The van der Waals surface area contributed by atoms with Crippen molar-refractivity contribution < 1.29 is 12.8 Å². The van der Waals surface area contributed by atoms with Crippen LogP contribution in [0, 0.1) is 5.82 Å². The first-order valence-electron chi connectivity index (χ1n) is 8.07. The summed E-state index contributed by atoms with van der Waals surface area (Å²) in [6.07, 6.45) is 0.935. The molecule has 0 aliphatic carbocycles. The highest BCUT2D eigenvalue weighted by molar-refractivity contribution is 7.93. The molecule has 4 nitrogen and oxygen atoms in total. The molecule has 1 aliphatic heterocycles. The molecule has 0 radical (unpaired) electrons. The number of benzene rings is 3. The highest BCUT2D eigenvalue weighted by Crippen LogP contribution is 2.28. The summed E-state index contributed by atoms with van der Waals surface area (Å²) in [5.74, 6) is -0.436. The second kappa shape index (κ2) is 7.23. The molecule has 0 aromatic heterocycles. The third-order valence-electron chi connectivity index (χ3n) is 4.47. The van der Waals surface area contributed by atoms with Gasteiger partial charge < -0.3 is 5.32 Å². The molecule has 0 saturated heterocycles. The molecule has 3 aromatic rings. The fraction of sp³-hybridized carbons (Fsp3) is 0.158. The van der Waals surface area contributed by atoms with Crippen LogP contribution in [0.3, 0.4) is 0 Å². The summed E-state index contributed by atoms with van der Waals surface area (Å²) in [5.41, 5.74) is 2.83. The van der Waals surface area contributed by atoms with E-state index in [1.807, 2.05) is 12.1 Å². The molecule has 0 fully saturated rings. The van der Waals surface area contributed by atoms with Crippen molar-refractivity contribution in [2.45, 2.75) is 17.9 Å². The minimum atomic E-state index is -3.82. The molecule has 0 amide bonds. The highest BCUT2D eigenvalue weighted by Gasteiger charge is 2.19. The quantitative estimate of drug-likeness (QED) is 0.711. The largest absolute Gasteiger partial charge is 0.312 e. The number of sulfonamides is 1. The first-order valence-corrected chi connectivity index (χ1v) is 9.55. The molecule has 136 valence electrons. The lowest BCUT2D eigenvalue weighted by Crippen LogP contribution is -2.23. The van der Waals surface area contributed by atoms with E-state index in [1.165, 1.54) is 17.7 Å². The molecule has 26 heavy (non-hydrogen) atoms. The van der Waals surface area contributed by atoms with Crippen LogP contribution in [0.4, 0.5) is 10.1 Å². The summed E-state index contributed by atoms with van der Waals surface area (Å²) < 4.78 is 42.3. The normalized spacial score (nSPS) is 13.7.